The van der Waals surface area contributed by atoms with Crippen LogP contribution in [0.2, 0.25) is 0 Å². The van der Waals surface area contributed by atoms with Crippen molar-refractivity contribution in [3.8, 4) is 0 Å². The van der Waals surface area contributed by atoms with Gasteiger partial charge in [0.05, 0.1) is 0 Å². The normalized spacial score (nSPS) is 19.9. The van der Waals surface area contributed by atoms with Gasteiger partial charge in [0.25, 0.3) is 0 Å². The van der Waals surface area contributed by atoms with Crippen LogP contribution >= 0.6 is 0 Å². The van der Waals surface area contributed by atoms with Crippen molar-refractivity contribution >= 4 is 11.0 Å². The predicted octanol–water partition coefficient (Wildman–Crippen LogP) is 4.28. The number of aliphatic hydroxyl groups is 1. The Morgan fingerprint density at radius 1 is 1.06 bits per heavy atom. The van der Waals surface area contributed by atoms with E-state index in [1.54, 1.807) is 0 Å². The van der Waals surface area contributed by atoms with E-state index in [0.29, 0.717) is 0 Å². The zero-order valence-corrected chi connectivity index (χ0v) is 10.9. The van der Waals surface area contributed by atoms with Gasteiger partial charge in [-0.1, -0.05) is 37.3 Å². The summed E-state index contributed by atoms with van der Waals surface area (Å²) >= 11 is 0. The largest absolute Gasteiger partial charge is 0.458 e. The summed E-state index contributed by atoms with van der Waals surface area (Å²) in [5.41, 5.74) is 1.36. The lowest BCUT2D eigenvalue weighted by molar-refractivity contribution is 0.00116. The predicted molar refractivity (Wildman–Crippen MR) is 72.5 cm³/mol. The van der Waals surface area contributed by atoms with E-state index >= 15 is 0 Å². The Morgan fingerprint density at radius 2 is 1.78 bits per heavy atom. The number of hydrogen-bond acceptors (Lipinski definition) is 2. The van der Waals surface area contributed by atoms with Crippen molar-refractivity contribution < 1.29 is 9.52 Å². The SMILES string of the molecule is Cc1ccc2oc(C3(O)CCCCCC3)cc2c1. The second-order valence-corrected chi connectivity index (χ2v) is 5.60. The van der Waals surface area contributed by atoms with Gasteiger partial charge in [0, 0.05) is 5.39 Å². The average molecular weight is 244 g/mol. The molecule has 18 heavy (non-hydrogen) atoms. The second kappa shape index (κ2) is 4.43. The molecule has 0 aliphatic heterocycles. The zero-order chi connectivity index (χ0) is 12.6. The minimum Gasteiger partial charge on any atom is -0.458 e. The van der Waals surface area contributed by atoms with Gasteiger partial charge in [-0.2, -0.15) is 0 Å². The van der Waals surface area contributed by atoms with Gasteiger partial charge < -0.3 is 9.52 Å². The molecule has 0 radical (unpaired) electrons. The molecule has 0 saturated heterocycles. The van der Waals surface area contributed by atoms with Gasteiger partial charge in [-0.15, -0.1) is 0 Å². The summed E-state index contributed by atoms with van der Waals surface area (Å²) in [7, 11) is 0. The Hall–Kier alpha value is -1.28. The van der Waals surface area contributed by atoms with Crippen LogP contribution in [0.25, 0.3) is 11.0 Å². The molecule has 1 aliphatic carbocycles. The fourth-order valence-corrected chi connectivity index (χ4v) is 2.95. The molecule has 3 rings (SSSR count). The summed E-state index contributed by atoms with van der Waals surface area (Å²) in [6.07, 6.45) is 6.28. The molecule has 0 spiro atoms. The summed E-state index contributed by atoms with van der Waals surface area (Å²) in [6, 6.07) is 8.18. The smallest absolute Gasteiger partial charge is 0.136 e. The molecule has 2 aromatic rings. The third kappa shape index (κ3) is 2.05. The van der Waals surface area contributed by atoms with Crippen LogP contribution in [-0.4, -0.2) is 5.11 Å². The molecule has 2 heteroatoms. The highest BCUT2D eigenvalue weighted by molar-refractivity contribution is 5.78. The van der Waals surface area contributed by atoms with Gasteiger partial charge in [0.1, 0.15) is 16.9 Å². The Morgan fingerprint density at radius 3 is 2.50 bits per heavy atom. The maximum Gasteiger partial charge on any atom is 0.136 e. The molecule has 0 amide bonds. The van der Waals surface area contributed by atoms with Crippen LogP contribution in [0.1, 0.15) is 49.8 Å². The van der Waals surface area contributed by atoms with E-state index in [4.69, 9.17) is 4.42 Å². The highest BCUT2D eigenvalue weighted by Crippen LogP contribution is 2.38. The standard InChI is InChI=1S/C16H20O2/c1-12-6-7-14-13(10-12)11-15(18-14)16(17)8-4-2-3-5-9-16/h6-7,10-11,17H,2-5,8-9H2,1H3. The highest BCUT2D eigenvalue weighted by Gasteiger charge is 2.33. The molecule has 1 aromatic heterocycles. The number of benzene rings is 1. The molecule has 1 aromatic carbocycles. The van der Waals surface area contributed by atoms with Crippen molar-refractivity contribution in [2.24, 2.45) is 0 Å². The summed E-state index contributed by atoms with van der Waals surface area (Å²) in [5.74, 6) is 0.755. The fourth-order valence-electron chi connectivity index (χ4n) is 2.95. The molecule has 96 valence electrons. The molecule has 1 heterocycles. The van der Waals surface area contributed by atoms with Gasteiger partial charge in [0.2, 0.25) is 0 Å². The molecular formula is C16H20O2. The Balaban J connectivity index is 2.02. The van der Waals surface area contributed by atoms with Crippen molar-refractivity contribution in [3.05, 3.63) is 35.6 Å². The minimum absolute atomic E-state index is 0.747. The maximum absolute atomic E-state index is 10.8. The average Bonchev–Trinajstić information content (AvgIpc) is 2.65. The van der Waals surface area contributed by atoms with Crippen LogP contribution in [-0.2, 0) is 5.60 Å². The van der Waals surface area contributed by atoms with Crippen LogP contribution in [0.3, 0.4) is 0 Å². The molecule has 1 fully saturated rings. The first kappa shape index (κ1) is 11.8. The number of rotatable bonds is 1. The van der Waals surface area contributed by atoms with Gasteiger partial charge >= 0.3 is 0 Å². The van der Waals surface area contributed by atoms with Crippen molar-refractivity contribution in [1.82, 2.24) is 0 Å². The van der Waals surface area contributed by atoms with Gasteiger partial charge in [-0.3, -0.25) is 0 Å². The van der Waals surface area contributed by atoms with E-state index in [0.717, 1.165) is 42.4 Å². The van der Waals surface area contributed by atoms with Crippen molar-refractivity contribution in [1.29, 1.82) is 0 Å². The topological polar surface area (TPSA) is 33.4 Å². The first-order chi connectivity index (χ1) is 8.67. The second-order valence-electron chi connectivity index (χ2n) is 5.60. The maximum atomic E-state index is 10.8. The lowest BCUT2D eigenvalue weighted by atomic mass is 9.91. The van der Waals surface area contributed by atoms with Crippen LogP contribution in [0.4, 0.5) is 0 Å². The molecule has 0 unspecified atom stereocenters. The van der Waals surface area contributed by atoms with E-state index in [9.17, 15) is 5.11 Å². The lowest BCUT2D eigenvalue weighted by Gasteiger charge is -2.23. The highest BCUT2D eigenvalue weighted by atomic mass is 16.4. The van der Waals surface area contributed by atoms with Gasteiger partial charge in [-0.05, 0) is 38.0 Å². The summed E-state index contributed by atoms with van der Waals surface area (Å²) in [6.45, 7) is 2.08. The molecule has 1 N–H and O–H groups in total. The quantitative estimate of drug-likeness (QED) is 0.759. The van der Waals surface area contributed by atoms with Gasteiger partial charge in [-0.25, -0.2) is 0 Å². The Bertz CT molecular complexity index is 545. The summed E-state index contributed by atoms with van der Waals surface area (Å²) < 4.78 is 5.87. The number of hydrogen-bond donors (Lipinski definition) is 1. The molecule has 0 bridgehead atoms. The van der Waals surface area contributed by atoms with E-state index < -0.39 is 5.60 Å². The third-order valence-corrected chi connectivity index (χ3v) is 4.06. The van der Waals surface area contributed by atoms with Crippen molar-refractivity contribution in [3.63, 3.8) is 0 Å². The summed E-state index contributed by atoms with van der Waals surface area (Å²) in [4.78, 5) is 0. The molecular weight excluding hydrogens is 224 g/mol. The van der Waals surface area contributed by atoms with Crippen molar-refractivity contribution in [2.75, 3.05) is 0 Å². The number of aryl methyl sites for hydroxylation is 1. The lowest BCUT2D eigenvalue weighted by Crippen LogP contribution is -2.23. The van der Waals surface area contributed by atoms with Crippen LogP contribution < -0.4 is 0 Å². The van der Waals surface area contributed by atoms with Crippen LogP contribution in [0.5, 0.6) is 0 Å². The molecule has 0 atom stereocenters. The van der Waals surface area contributed by atoms with E-state index in [2.05, 4.69) is 13.0 Å². The Labute approximate surface area is 108 Å². The van der Waals surface area contributed by atoms with Crippen LogP contribution in [0.15, 0.2) is 28.7 Å². The fraction of sp³-hybridized carbons (Fsp3) is 0.500. The summed E-state index contributed by atoms with van der Waals surface area (Å²) in [5, 5.41) is 11.9. The molecule has 1 saturated carbocycles. The van der Waals surface area contributed by atoms with Gasteiger partial charge in [0.15, 0.2) is 0 Å². The minimum atomic E-state index is -0.747. The first-order valence-corrected chi connectivity index (χ1v) is 6.90. The third-order valence-electron chi connectivity index (χ3n) is 4.06. The first-order valence-electron chi connectivity index (χ1n) is 6.90. The van der Waals surface area contributed by atoms with E-state index in [-0.39, 0.29) is 0 Å². The number of furan rings is 1. The van der Waals surface area contributed by atoms with Crippen LogP contribution in [0, 0.1) is 6.92 Å². The van der Waals surface area contributed by atoms with Crippen molar-refractivity contribution in [2.45, 2.75) is 51.0 Å². The Kier molecular flexibility index (Phi) is 2.90. The zero-order valence-electron chi connectivity index (χ0n) is 10.9. The molecule has 2 nitrogen and oxygen atoms in total. The van der Waals surface area contributed by atoms with E-state index in [1.807, 2.05) is 18.2 Å². The van der Waals surface area contributed by atoms with E-state index in [1.165, 1.54) is 18.4 Å². The number of fused-ring (bicyclic) bond motifs is 1. The molecule has 1 aliphatic rings. The monoisotopic (exact) mass is 244 g/mol.